The number of nitrogens with one attached hydrogen (secondary N) is 1. The molecule has 0 aliphatic heterocycles. The molecule has 0 saturated heterocycles. The van der Waals surface area contributed by atoms with Gasteiger partial charge >= 0.3 is 0 Å². The monoisotopic (exact) mass is 281 g/mol. The van der Waals surface area contributed by atoms with Gasteiger partial charge in [-0.25, -0.2) is 0 Å². The molecule has 1 heterocycles. The number of hydrogen-bond donors (Lipinski definition) is 2. The van der Waals surface area contributed by atoms with Crippen molar-refractivity contribution in [3.63, 3.8) is 0 Å². The topological polar surface area (TPSA) is 60.2 Å². The molecular formula is C14H23N3OS. The molecule has 5 heteroatoms. The summed E-state index contributed by atoms with van der Waals surface area (Å²) in [5.74, 6) is 2.60. The molecule has 2 rings (SSSR count). The number of ether oxygens (including phenoxy) is 1. The molecule has 4 nitrogen and oxygen atoms in total. The van der Waals surface area contributed by atoms with Gasteiger partial charge in [0.1, 0.15) is 5.82 Å². The lowest BCUT2D eigenvalue weighted by atomic mass is 10.2. The maximum Gasteiger partial charge on any atom is 0.239 e. The van der Waals surface area contributed by atoms with Crippen LogP contribution in [0.4, 0.5) is 11.5 Å². The van der Waals surface area contributed by atoms with Gasteiger partial charge in [0.15, 0.2) is 0 Å². The van der Waals surface area contributed by atoms with E-state index in [2.05, 4.69) is 29.0 Å². The minimum Gasteiger partial charge on any atom is -0.476 e. The Morgan fingerprint density at radius 1 is 1.42 bits per heavy atom. The van der Waals surface area contributed by atoms with Gasteiger partial charge in [-0.2, -0.15) is 16.7 Å². The second kappa shape index (κ2) is 6.89. The first-order chi connectivity index (χ1) is 9.22. The molecule has 1 aromatic heterocycles. The van der Waals surface area contributed by atoms with Crippen LogP contribution in [-0.2, 0) is 0 Å². The summed E-state index contributed by atoms with van der Waals surface area (Å²) in [6, 6.07) is 4.31. The van der Waals surface area contributed by atoms with E-state index in [-0.39, 0.29) is 0 Å². The Morgan fingerprint density at radius 3 is 3.00 bits per heavy atom. The van der Waals surface area contributed by atoms with Crippen LogP contribution in [0.15, 0.2) is 12.1 Å². The van der Waals surface area contributed by atoms with E-state index in [1.165, 1.54) is 25.0 Å². The van der Waals surface area contributed by atoms with Crippen molar-refractivity contribution in [3.8, 4) is 5.88 Å². The molecule has 2 unspecified atom stereocenters. The third-order valence-corrected chi connectivity index (χ3v) is 4.54. The van der Waals surface area contributed by atoms with Gasteiger partial charge in [-0.3, -0.25) is 0 Å². The zero-order valence-electron chi connectivity index (χ0n) is 11.7. The SMILES string of the molecule is CCOc1nc(NC2CCC(SCC)C2)ccc1N. The summed E-state index contributed by atoms with van der Waals surface area (Å²) in [5, 5.41) is 4.29. The summed E-state index contributed by atoms with van der Waals surface area (Å²) in [4.78, 5) is 4.43. The highest BCUT2D eigenvalue weighted by Gasteiger charge is 2.24. The number of thioether (sulfide) groups is 1. The Balaban J connectivity index is 1.94. The van der Waals surface area contributed by atoms with Crippen LogP contribution in [0.25, 0.3) is 0 Å². The maximum absolute atomic E-state index is 5.83. The second-order valence-corrected chi connectivity index (χ2v) is 6.33. The molecule has 1 fully saturated rings. The second-order valence-electron chi connectivity index (χ2n) is 4.76. The number of anilines is 2. The highest BCUT2D eigenvalue weighted by molar-refractivity contribution is 7.99. The fourth-order valence-corrected chi connectivity index (χ4v) is 3.59. The van der Waals surface area contributed by atoms with Crippen molar-refractivity contribution in [1.82, 2.24) is 4.98 Å². The lowest BCUT2D eigenvalue weighted by Crippen LogP contribution is -2.17. The standard InChI is InChI=1S/C14H23N3OS/c1-3-18-14-12(15)7-8-13(17-14)16-10-5-6-11(9-10)19-4-2/h7-8,10-11H,3-6,9,15H2,1-2H3,(H,16,17). The number of rotatable bonds is 6. The average Bonchev–Trinajstić information content (AvgIpc) is 2.82. The largest absolute Gasteiger partial charge is 0.476 e. The number of hydrogen-bond acceptors (Lipinski definition) is 5. The van der Waals surface area contributed by atoms with Crippen molar-refractivity contribution in [1.29, 1.82) is 0 Å². The fraction of sp³-hybridized carbons (Fsp3) is 0.643. The van der Waals surface area contributed by atoms with E-state index in [1.807, 2.05) is 19.1 Å². The molecule has 0 radical (unpaired) electrons. The van der Waals surface area contributed by atoms with Gasteiger partial charge in [-0.15, -0.1) is 0 Å². The molecule has 3 N–H and O–H groups in total. The molecule has 1 aliphatic carbocycles. The van der Waals surface area contributed by atoms with Crippen LogP contribution in [0.3, 0.4) is 0 Å². The molecule has 19 heavy (non-hydrogen) atoms. The van der Waals surface area contributed by atoms with Crippen LogP contribution in [0, 0.1) is 0 Å². The molecule has 0 aromatic carbocycles. The fourth-order valence-electron chi connectivity index (χ4n) is 2.45. The number of nitrogens with zero attached hydrogens (tertiary/aromatic N) is 1. The molecule has 0 spiro atoms. The van der Waals surface area contributed by atoms with Crippen LogP contribution in [0.2, 0.25) is 0 Å². The molecule has 2 atom stereocenters. The van der Waals surface area contributed by atoms with E-state index in [0.29, 0.717) is 24.2 Å². The maximum atomic E-state index is 5.83. The number of nitrogens with two attached hydrogens (primary N) is 1. The summed E-state index contributed by atoms with van der Waals surface area (Å²) < 4.78 is 5.42. The van der Waals surface area contributed by atoms with Crippen LogP contribution >= 0.6 is 11.8 Å². The highest BCUT2D eigenvalue weighted by Crippen LogP contribution is 2.31. The minimum absolute atomic E-state index is 0.523. The number of pyridine rings is 1. The normalized spacial score (nSPS) is 22.4. The van der Waals surface area contributed by atoms with Gasteiger partial charge in [-0.1, -0.05) is 6.92 Å². The van der Waals surface area contributed by atoms with E-state index in [0.717, 1.165) is 11.1 Å². The van der Waals surface area contributed by atoms with Gasteiger partial charge in [0, 0.05) is 11.3 Å². The lowest BCUT2D eigenvalue weighted by Gasteiger charge is -2.15. The van der Waals surface area contributed by atoms with E-state index < -0.39 is 0 Å². The quantitative estimate of drug-likeness (QED) is 0.839. The molecule has 1 aromatic rings. The summed E-state index contributed by atoms with van der Waals surface area (Å²) in [7, 11) is 0. The molecule has 0 amide bonds. The van der Waals surface area contributed by atoms with Gasteiger partial charge in [0.2, 0.25) is 5.88 Å². The molecule has 1 saturated carbocycles. The van der Waals surface area contributed by atoms with Gasteiger partial charge in [0.25, 0.3) is 0 Å². The minimum atomic E-state index is 0.523. The van der Waals surface area contributed by atoms with Crippen LogP contribution in [-0.4, -0.2) is 28.6 Å². The van der Waals surface area contributed by atoms with Crippen molar-refractivity contribution < 1.29 is 4.74 Å². The average molecular weight is 281 g/mol. The number of nitrogen functional groups attached to an aromatic ring is 1. The Morgan fingerprint density at radius 2 is 2.26 bits per heavy atom. The predicted octanol–water partition coefficient (Wildman–Crippen LogP) is 3.15. The van der Waals surface area contributed by atoms with Crippen molar-refractivity contribution in [3.05, 3.63) is 12.1 Å². The highest BCUT2D eigenvalue weighted by atomic mass is 32.2. The predicted molar refractivity (Wildman–Crippen MR) is 83.0 cm³/mol. The Hall–Kier alpha value is -1.10. The molecular weight excluding hydrogens is 258 g/mol. The number of aromatic nitrogens is 1. The summed E-state index contributed by atoms with van der Waals surface area (Å²) in [5.41, 5.74) is 6.42. The molecule has 0 bridgehead atoms. The van der Waals surface area contributed by atoms with Crippen LogP contribution < -0.4 is 15.8 Å². The van der Waals surface area contributed by atoms with E-state index >= 15 is 0 Å². The van der Waals surface area contributed by atoms with E-state index in [4.69, 9.17) is 10.5 Å². The molecule has 106 valence electrons. The summed E-state index contributed by atoms with van der Waals surface area (Å²) in [6.07, 6.45) is 3.73. The van der Waals surface area contributed by atoms with Gasteiger partial charge < -0.3 is 15.8 Å². The van der Waals surface area contributed by atoms with Crippen molar-refractivity contribution in [2.75, 3.05) is 23.4 Å². The van der Waals surface area contributed by atoms with Gasteiger partial charge in [0.05, 0.1) is 12.3 Å². The Bertz CT molecular complexity index is 414. The van der Waals surface area contributed by atoms with Crippen molar-refractivity contribution in [2.45, 2.75) is 44.4 Å². The lowest BCUT2D eigenvalue weighted by molar-refractivity contribution is 0.329. The third-order valence-electron chi connectivity index (χ3n) is 3.31. The van der Waals surface area contributed by atoms with E-state index in [9.17, 15) is 0 Å². The van der Waals surface area contributed by atoms with E-state index in [1.54, 1.807) is 0 Å². The summed E-state index contributed by atoms with van der Waals surface area (Å²) >= 11 is 2.06. The first kappa shape index (κ1) is 14.3. The third kappa shape index (κ3) is 3.93. The zero-order valence-corrected chi connectivity index (χ0v) is 12.5. The van der Waals surface area contributed by atoms with Crippen molar-refractivity contribution >= 4 is 23.3 Å². The van der Waals surface area contributed by atoms with Crippen LogP contribution in [0.1, 0.15) is 33.1 Å². The zero-order chi connectivity index (χ0) is 13.7. The summed E-state index contributed by atoms with van der Waals surface area (Å²) in [6.45, 7) is 4.74. The first-order valence-corrected chi connectivity index (χ1v) is 8.05. The Kier molecular flexibility index (Phi) is 5.19. The smallest absolute Gasteiger partial charge is 0.239 e. The first-order valence-electron chi connectivity index (χ1n) is 7.00. The van der Waals surface area contributed by atoms with Gasteiger partial charge in [-0.05, 0) is 44.1 Å². The van der Waals surface area contributed by atoms with Crippen LogP contribution in [0.5, 0.6) is 5.88 Å². The molecule has 1 aliphatic rings. The Labute approximate surface area is 119 Å². The van der Waals surface area contributed by atoms with Crippen molar-refractivity contribution in [2.24, 2.45) is 0 Å².